The minimum atomic E-state index is -5.17. The molecule has 32 heteroatoms. The fourth-order valence-electron chi connectivity index (χ4n) is 10.6. The molecule has 4 aromatic rings. The third-order valence-corrected chi connectivity index (χ3v) is 19.1. The number of carbonyl (C=O) groups is 1. The van der Waals surface area contributed by atoms with Gasteiger partial charge in [-0.2, -0.15) is 42.1 Å². The van der Waals surface area contributed by atoms with Gasteiger partial charge in [0, 0.05) is 73.6 Å². The van der Waals surface area contributed by atoms with Crippen LogP contribution >= 0.6 is 0 Å². The molecule has 7 N–H and O–H groups in total. The summed E-state index contributed by atoms with van der Waals surface area (Å²) >= 11 is 0. The first kappa shape index (κ1) is 75.6. The highest BCUT2D eigenvalue weighted by atomic mass is 32.2. The predicted molar refractivity (Wildman–Crippen MR) is 334 cm³/mol. The number of carboxylic acid groups (broad SMARTS) is 1. The Hall–Kier alpha value is -5.08. The molecule has 27 nitrogen and oxygen atoms in total. The van der Waals surface area contributed by atoms with Crippen LogP contribution in [0.1, 0.15) is 76.3 Å². The quantitative estimate of drug-likeness (QED) is 0.0134. The number of unbranched alkanes of at least 4 members (excludes halogenated alkanes) is 2. The van der Waals surface area contributed by atoms with Crippen molar-refractivity contribution in [3.63, 3.8) is 0 Å². The van der Waals surface area contributed by atoms with Crippen molar-refractivity contribution in [2.75, 3.05) is 136 Å². The van der Waals surface area contributed by atoms with Crippen LogP contribution in [0.3, 0.4) is 0 Å². The highest BCUT2D eigenvalue weighted by Crippen LogP contribution is 2.54. The van der Waals surface area contributed by atoms with Crippen LogP contribution in [0.4, 0.5) is 11.4 Å². The van der Waals surface area contributed by atoms with Crippen molar-refractivity contribution in [1.29, 1.82) is 0 Å². The highest BCUT2D eigenvalue weighted by Gasteiger charge is 2.45. The number of benzene rings is 4. The average molecular weight is 1370 g/mol. The minimum Gasteiger partial charge on any atom is -0.481 e. The summed E-state index contributed by atoms with van der Waals surface area (Å²) in [4.78, 5) is 10.1. The van der Waals surface area contributed by atoms with Crippen LogP contribution in [-0.4, -0.2) is 201 Å². The molecule has 504 valence electrons. The fraction of sp³-hybridized carbons (Fsp3) is 0.534. The van der Waals surface area contributed by atoms with Crippen molar-refractivity contribution < 1.29 is 113 Å². The summed E-state index contributed by atoms with van der Waals surface area (Å²) in [5.41, 5.74) is -0.452. The first-order valence-electron chi connectivity index (χ1n) is 28.7. The standard InChI is InChI=1S/C58H82N2O25S5/c1-57(20-12-38-86(63,64)65,55-47-39-43(87(66,67)68)41-51(89(72,73)74)45(47)15-17-49(55)59-22-25-81-31-33-85-37-35-83-29-27-79-4)19-10-6-5-8-13-53-58(2,21-24-80-30-32-84-36-34-82-28-26-78-3)56-48-40-44(88(69,70)71)42-52(90(75,76)77)46(48)16-18-50(56)60(53)23-11-7-9-14-54(61)62/h5-6,8,10,13,15-18,39-42,59H,7,9,11-12,14,19-38H2,1-4H3,(H,61,62)(H,63,64,65)(H,66,67,68)(H,69,70,71)(H,72,73,74)(H,75,76,77)/b8-5+,10-6+,53-13+. The van der Waals surface area contributed by atoms with Crippen molar-refractivity contribution in [2.24, 2.45) is 0 Å². The lowest BCUT2D eigenvalue weighted by molar-refractivity contribution is -0.137. The van der Waals surface area contributed by atoms with E-state index in [0.717, 1.165) is 12.1 Å². The molecular weight excluding hydrogens is 1280 g/mol. The molecule has 0 radical (unpaired) electrons. The van der Waals surface area contributed by atoms with Gasteiger partial charge in [-0.1, -0.05) is 49.8 Å². The third kappa shape index (κ3) is 22.6. The Bertz CT molecular complexity index is 3750. The van der Waals surface area contributed by atoms with Crippen molar-refractivity contribution in [1.82, 2.24) is 0 Å². The fourth-order valence-corrected chi connectivity index (χ4v) is 13.8. The van der Waals surface area contributed by atoms with E-state index in [1.54, 1.807) is 57.6 Å². The number of aliphatic carboxylic acids is 1. The van der Waals surface area contributed by atoms with E-state index in [0.29, 0.717) is 100 Å². The molecule has 4 aromatic carbocycles. The summed E-state index contributed by atoms with van der Waals surface area (Å²) in [7, 11) is -21.9. The molecule has 2 unspecified atom stereocenters. The van der Waals surface area contributed by atoms with E-state index < -0.39 is 92.7 Å². The number of ether oxygens (including phenoxy) is 8. The zero-order valence-electron chi connectivity index (χ0n) is 50.6. The van der Waals surface area contributed by atoms with Crippen molar-refractivity contribution in [3.05, 3.63) is 95.7 Å². The molecule has 1 heterocycles. The number of allylic oxidation sites excluding steroid dienone is 6. The monoisotopic (exact) mass is 1370 g/mol. The lowest BCUT2D eigenvalue weighted by Crippen LogP contribution is -2.30. The van der Waals surface area contributed by atoms with Gasteiger partial charge in [0.1, 0.15) is 9.79 Å². The van der Waals surface area contributed by atoms with E-state index in [9.17, 15) is 74.8 Å². The molecule has 0 aromatic heterocycles. The molecule has 0 bridgehead atoms. The van der Waals surface area contributed by atoms with Gasteiger partial charge in [-0.05, 0) is 115 Å². The second kappa shape index (κ2) is 34.7. The highest BCUT2D eigenvalue weighted by molar-refractivity contribution is 7.87. The van der Waals surface area contributed by atoms with Gasteiger partial charge in [-0.3, -0.25) is 27.6 Å². The SMILES string of the molecule is COCCOCCOCCOCCNc1ccc2c(S(=O)(=O)O)cc(S(=O)(=O)O)cc2c1C(C)(C/C=C/C=C/C=C1/N(CCCCCC(=O)O)c2ccc3c(S(=O)(=O)O)cc(S(=O)(=O)O)cc3c2C1(C)CCOCCOCCOCCOC)CCCS(=O)(=O)O. The summed E-state index contributed by atoms with van der Waals surface area (Å²) in [5, 5.41) is 12.4. The van der Waals surface area contributed by atoms with E-state index in [1.807, 2.05) is 11.8 Å². The van der Waals surface area contributed by atoms with Crippen molar-refractivity contribution >= 4 is 89.5 Å². The molecule has 1 aliphatic heterocycles. The topological polar surface area (TPSA) is 398 Å². The second-order valence-corrected chi connectivity index (χ2v) is 28.6. The maximum atomic E-state index is 13.0. The largest absolute Gasteiger partial charge is 0.481 e. The lowest BCUT2D eigenvalue weighted by Gasteiger charge is -2.33. The van der Waals surface area contributed by atoms with Crippen LogP contribution in [-0.2, 0) is 104 Å². The van der Waals surface area contributed by atoms with E-state index in [1.165, 1.54) is 18.2 Å². The zero-order chi connectivity index (χ0) is 66.4. The molecule has 5 rings (SSSR count). The maximum Gasteiger partial charge on any atom is 0.303 e. The molecule has 2 atom stereocenters. The Balaban J connectivity index is 1.61. The number of nitrogens with zero attached hydrogens (tertiary/aromatic N) is 1. The van der Waals surface area contributed by atoms with E-state index in [4.69, 9.17) is 37.9 Å². The number of hydrogen-bond donors (Lipinski definition) is 7. The number of methoxy groups -OCH3 is 2. The normalized spacial score (nSPS) is 16.3. The summed E-state index contributed by atoms with van der Waals surface area (Å²) in [6, 6.07) is 9.28. The van der Waals surface area contributed by atoms with Gasteiger partial charge in [0.15, 0.2) is 0 Å². The second-order valence-electron chi connectivity index (χ2n) is 21.4. The van der Waals surface area contributed by atoms with E-state index in [-0.39, 0.29) is 119 Å². The first-order valence-corrected chi connectivity index (χ1v) is 36.0. The minimum absolute atomic E-state index is 0.000775. The van der Waals surface area contributed by atoms with Gasteiger partial charge < -0.3 is 53.2 Å². The van der Waals surface area contributed by atoms with Gasteiger partial charge in [-0.25, -0.2) is 0 Å². The maximum absolute atomic E-state index is 13.0. The Morgan fingerprint density at radius 2 is 1.08 bits per heavy atom. The number of carboxylic acids is 1. The van der Waals surface area contributed by atoms with Gasteiger partial charge >= 0.3 is 5.97 Å². The summed E-state index contributed by atoms with van der Waals surface area (Å²) in [6.45, 7) is 7.67. The number of rotatable bonds is 44. The summed E-state index contributed by atoms with van der Waals surface area (Å²) < 4.78 is 223. The van der Waals surface area contributed by atoms with Gasteiger partial charge in [-0.15, -0.1) is 0 Å². The Morgan fingerprint density at radius 3 is 1.59 bits per heavy atom. The van der Waals surface area contributed by atoms with Gasteiger partial charge in [0.25, 0.3) is 50.6 Å². The van der Waals surface area contributed by atoms with Crippen molar-refractivity contribution in [2.45, 2.75) is 95.6 Å². The number of hydrogen-bond acceptors (Lipinski definition) is 21. The van der Waals surface area contributed by atoms with Crippen LogP contribution in [0.25, 0.3) is 21.5 Å². The number of anilines is 2. The molecular formula is C58H82N2O25S5. The Morgan fingerprint density at radius 1 is 0.578 bits per heavy atom. The molecule has 0 spiro atoms. The molecule has 0 saturated heterocycles. The van der Waals surface area contributed by atoms with Crippen LogP contribution < -0.4 is 10.2 Å². The summed E-state index contributed by atoms with van der Waals surface area (Å²) in [6.07, 6.45) is 9.49. The first-order chi connectivity index (χ1) is 42.4. The van der Waals surface area contributed by atoms with E-state index >= 15 is 0 Å². The number of nitrogens with one attached hydrogen (secondary N) is 1. The molecule has 0 saturated carbocycles. The third-order valence-electron chi connectivity index (χ3n) is 14.8. The van der Waals surface area contributed by atoms with Crippen LogP contribution in [0.15, 0.2) is 104 Å². The predicted octanol–water partition coefficient (Wildman–Crippen LogP) is 6.91. The van der Waals surface area contributed by atoms with Gasteiger partial charge in [0.05, 0.1) is 101 Å². The molecule has 0 aliphatic carbocycles. The van der Waals surface area contributed by atoms with Crippen LogP contribution in [0.5, 0.6) is 0 Å². The van der Waals surface area contributed by atoms with Crippen molar-refractivity contribution in [3.8, 4) is 0 Å². The number of fused-ring (bicyclic) bond motifs is 4. The van der Waals surface area contributed by atoms with Crippen LogP contribution in [0.2, 0.25) is 0 Å². The Kier molecular flexibility index (Phi) is 29.2. The lowest BCUT2D eigenvalue weighted by atomic mass is 9.73. The van der Waals surface area contributed by atoms with Gasteiger partial charge in [0.2, 0.25) is 0 Å². The molecule has 90 heavy (non-hydrogen) atoms. The molecule has 0 fully saturated rings. The summed E-state index contributed by atoms with van der Waals surface area (Å²) in [5.74, 6) is -1.69. The molecule has 1 aliphatic rings. The zero-order valence-corrected chi connectivity index (χ0v) is 54.7. The Labute approximate surface area is 526 Å². The smallest absolute Gasteiger partial charge is 0.303 e. The van der Waals surface area contributed by atoms with E-state index in [2.05, 4.69) is 5.32 Å². The molecule has 0 amide bonds. The van der Waals surface area contributed by atoms with Crippen LogP contribution in [0, 0.1) is 0 Å². The average Bonchev–Trinajstić information content (AvgIpc) is 1.45.